The minimum Gasteiger partial charge on any atom is -0.301 e. The number of carbonyl (C=O) groups excluding carboxylic acids is 1. The number of amides is 1. The summed E-state index contributed by atoms with van der Waals surface area (Å²) >= 11 is 8.76. The molecule has 4 rings (SSSR count). The number of nitrogens with one attached hydrogen (secondary N) is 1. The highest BCUT2D eigenvalue weighted by Crippen LogP contribution is 2.26. The first-order valence-electron chi connectivity index (χ1n) is 7.47. The molecule has 0 aliphatic rings. The van der Waals surface area contributed by atoms with Gasteiger partial charge in [-0.1, -0.05) is 29.4 Å². The molecule has 0 fully saturated rings. The Morgan fingerprint density at radius 3 is 3.04 bits per heavy atom. The van der Waals surface area contributed by atoms with Gasteiger partial charge in [-0.3, -0.25) is 4.79 Å². The van der Waals surface area contributed by atoms with Crippen LogP contribution in [0.3, 0.4) is 0 Å². The van der Waals surface area contributed by atoms with E-state index in [1.54, 1.807) is 28.5 Å². The molecule has 1 N–H and O–H groups in total. The number of hydrogen-bond acceptors (Lipinski definition) is 7. The average molecular weight is 403 g/mol. The molecule has 10 heteroatoms. The number of thioether (sulfide) groups is 1. The van der Waals surface area contributed by atoms with Gasteiger partial charge in [0.1, 0.15) is 11.4 Å². The monoisotopic (exact) mass is 402 g/mol. The first kappa shape index (κ1) is 17.0. The van der Waals surface area contributed by atoms with Gasteiger partial charge in [-0.05, 0) is 18.2 Å². The maximum Gasteiger partial charge on any atom is 0.236 e. The predicted octanol–water partition coefficient (Wildman–Crippen LogP) is 3.66. The second-order valence-corrected chi connectivity index (χ2v) is 7.42. The van der Waals surface area contributed by atoms with Crippen LogP contribution >= 0.6 is 34.7 Å². The van der Waals surface area contributed by atoms with Crippen molar-refractivity contribution in [3.05, 3.63) is 53.4 Å². The lowest BCUT2D eigenvalue weighted by Gasteiger charge is -2.05. The molecule has 3 heterocycles. The first-order chi connectivity index (χ1) is 12.7. The summed E-state index contributed by atoms with van der Waals surface area (Å²) in [4.78, 5) is 24.7. The summed E-state index contributed by atoms with van der Waals surface area (Å²) in [6.45, 7) is 0. The van der Waals surface area contributed by atoms with Gasteiger partial charge in [0.2, 0.25) is 5.91 Å². The number of aromatic nitrogens is 5. The van der Waals surface area contributed by atoms with Crippen molar-refractivity contribution in [1.29, 1.82) is 0 Å². The zero-order valence-corrected chi connectivity index (χ0v) is 15.6. The molecule has 0 aliphatic carbocycles. The summed E-state index contributed by atoms with van der Waals surface area (Å²) in [6, 6.07) is 7.36. The smallest absolute Gasteiger partial charge is 0.236 e. The Kier molecular flexibility index (Phi) is 4.83. The number of rotatable bonds is 5. The summed E-state index contributed by atoms with van der Waals surface area (Å²) < 4.78 is 1.70. The van der Waals surface area contributed by atoms with E-state index in [1.807, 2.05) is 18.2 Å². The number of hydrogen-bond donors (Lipinski definition) is 1. The zero-order chi connectivity index (χ0) is 17.9. The number of anilines is 1. The third-order valence-electron chi connectivity index (χ3n) is 3.40. The second-order valence-electron chi connectivity index (χ2n) is 5.13. The Balaban J connectivity index is 1.56. The molecular formula is C16H11ClN6OS2. The second kappa shape index (κ2) is 7.40. The molecule has 0 aliphatic heterocycles. The summed E-state index contributed by atoms with van der Waals surface area (Å²) in [6.07, 6.45) is 4.80. The van der Waals surface area contributed by atoms with Crippen molar-refractivity contribution in [2.75, 3.05) is 11.1 Å². The van der Waals surface area contributed by atoms with Crippen LogP contribution in [0.2, 0.25) is 5.02 Å². The van der Waals surface area contributed by atoms with Crippen LogP contribution in [0.4, 0.5) is 5.13 Å². The maximum absolute atomic E-state index is 12.0. The first-order valence-corrected chi connectivity index (χ1v) is 9.72. The predicted molar refractivity (Wildman–Crippen MR) is 103 cm³/mol. The average Bonchev–Trinajstić information content (AvgIpc) is 3.29. The molecule has 0 bridgehead atoms. The molecule has 0 spiro atoms. The number of halogens is 1. The van der Waals surface area contributed by atoms with Gasteiger partial charge in [-0.15, -0.1) is 11.3 Å². The van der Waals surface area contributed by atoms with E-state index in [9.17, 15) is 4.79 Å². The number of fused-ring (bicyclic) bond motifs is 1. The van der Waals surface area contributed by atoms with Crippen molar-refractivity contribution < 1.29 is 4.79 Å². The van der Waals surface area contributed by atoms with Crippen molar-refractivity contribution in [2.24, 2.45) is 0 Å². The quantitative estimate of drug-likeness (QED) is 0.405. The molecule has 130 valence electrons. The highest BCUT2D eigenvalue weighted by atomic mass is 35.5. The van der Waals surface area contributed by atoms with Crippen molar-refractivity contribution in [1.82, 2.24) is 24.7 Å². The van der Waals surface area contributed by atoms with Crippen molar-refractivity contribution >= 4 is 56.8 Å². The van der Waals surface area contributed by atoms with Crippen LogP contribution in [0.1, 0.15) is 0 Å². The largest absolute Gasteiger partial charge is 0.301 e. The van der Waals surface area contributed by atoms with Gasteiger partial charge in [0.15, 0.2) is 10.8 Å². The number of nitrogens with zero attached hydrogens (tertiary/aromatic N) is 5. The van der Waals surface area contributed by atoms with Crippen molar-refractivity contribution in [3.63, 3.8) is 0 Å². The van der Waals surface area contributed by atoms with E-state index in [0.29, 0.717) is 20.8 Å². The molecule has 0 unspecified atom stereocenters. The van der Waals surface area contributed by atoms with Gasteiger partial charge >= 0.3 is 0 Å². The van der Waals surface area contributed by atoms with Crippen LogP contribution in [-0.2, 0) is 4.79 Å². The highest BCUT2D eigenvalue weighted by Gasteiger charge is 2.13. The fourth-order valence-electron chi connectivity index (χ4n) is 2.31. The lowest BCUT2D eigenvalue weighted by Crippen LogP contribution is -2.13. The van der Waals surface area contributed by atoms with E-state index in [-0.39, 0.29) is 11.7 Å². The maximum atomic E-state index is 12.0. The van der Waals surface area contributed by atoms with E-state index < -0.39 is 0 Å². The Bertz CT molecular complexity index is 1070. The number of benzene rings is 1. The molecule has 0 saturated heterocycles. The summed E-state index contributed by atoms with van der Waals surface area (Å²) in [5.74, 6) is 0.0764. The standard InChI is InChI=1S/C16H11ClN6OS2/c17-10-2-1-3-11(6-10)23-14-12(7-21-23)15(20-9-19-14)26-8-13(24)22-16-18-4-5-25-16/h1-7,9H,8H2,(H,18,22,24). The third-order valence-corrected chi connectivity index (χ3v) is 5.33. The molecule has 0 radical (unpaired) electrons. The normalized spacial score (nSPS) is 11.0. The SMILES string of the molecule is O=C(CSc1ncnc2c1cnn2-c1cccc(Cl)c1)Nc1nccs1. The van der Waals surface area contributed by atoms with E-state index in [1.165, 1.54) is 29.4 Å². The molecule has 3 aromatic heterocycles. The molecule has 1 amide bonds. The summed E-state index contributed by atoms with van der Waals surface area (Å²) in [5, 5.41) is 11.6. The number of thiazole rings is 1. The topological polar surface area (TPSA) is 85.6 Å². The van der Waals surface area contributed by atoms with Gasteiger partial charge in [-0.25, -0.2) is 19.6 Å². The Hall–Kier alpha value is -2.49. The van der Waals surface area contributed by atoms with Gasteiger partial charge in [0.05, 0.1) is 23.0 Å². The van der Waals surface area contributed by atoms with Crippen LogP contribution in [0.25, 0.3) is 16.7 Å². The van der Waals surface area contributed by atoms with E-state index in [2.05, 4.69) is 25.4 Å². The van der Waals surface area contributed by atoms with Gasteiger partial charge in [-0.2, -0.15) is 5.10 Å². The Morgan fingerprint density at radius 2 is 2.23 bits per heavy atom. The highest BCUT2D eigenvalue weighted by molar-refractivity contribution is 8.00. The minimum absolute atomic E-state index is 0.140. The van der Waals surface area contributed by atoms with E-state index in [0.717, 1.165) is 11.1 Å². The lowest BCUT2D eigenvalue weighted by atomic mass is 10.3. The molecule has 26 heavy (non-hydrogen) atoms. The third kappa shape index (κ3) is 3.55. The lowest BCUT2D eigenvalue weighted by molar-refractivity contribution is -0.113. The number of carbonyl (C=O) groups is 1. The summed E-state index contributed by atoms with van der Waals surface area (Å²) in [5.41, 5.74) is 1.47. The Labute approximate surface area is 161 Å². The van der Waals surface area contributed by atoms with E-state index in [4.69, 9.17) is 11.6 Å². The fourth-order valence-corrected chi connectivity index (χ4v) is 3.80. The van der Waals surface area contributed by atoms with Crippen LogP contribution < -0.4 is 5.32 Å². The molecule has 4 aromatic rings. The molecular weight excluding hydrogens is 392 g/mol. The van der Waals surface area contributed by atoms with Gasteiger partial charge < -0.3 is 5.32 Å². The minimum atomic E-state index is -0.140. The van der Waals surface area contributed by atoms with Crippen molar-refractivity contribution in [2.45, 2.75) is 5.03 Å². The molecule has 1 aromatic carbocycles. The van der Waals surface area contributed by atoms with Crippen LogP contribution in [-0.4, -0.2) is 36.4 Å². The van der Waals surface area contributed by atoms with Crippen LogP contribution in [0.15, 0.2) is 53.4 Å². The van der Waals surface area contributed by atoms with Crippen LogP contribution in [0.5, 0.6) is 0 Å². The molecule has 0 atom stereocenters. The van der Waals surface area contributed by atoms with Gasteiger partial charge in [0, 0.05) is 16.6 Å². The molecule has 7 nitrogen and oxygen atoms in total. The van der Waals surface area contributed by atoms with Crippen molar-refractivity contribution in [3.8, 4) is 5.69 Å². The summed E-state index contributed by atoms with van der Waals surface area (Å²) in [7, 11) is 0. The van der Waals surface area contributed by atoms with Gasteiger partial charge in [0.25, 0.3) is 0 Å². The van der Waals surface area contributed by atoms with Crippen LogP contribution in [0, 0.1) is 0 Å². The van der Waals surface area contributed by atoms with E-state index >= 15 is 0 Å². The molecule has 0 saturated carbocycles. The Morgan fingerprint density at radius 1 is 1.31 bits per heavy atom. The fraction of sp³-hybridized carbons (Fsp3) is 0.0625. The zero-order valence-electron chi connectivity index (χ0n) is 13.2.